The number of nitrogens with two attached hydrogens (primary N) is 1. The zero-order valence-electron chi connectivity index (χ0n) is 10.3. The van der Waals surface area contributed by atoms with Crippen LogP contribution in [0.15, 0.2) is 18.2 Å². The zero-order chi connectivity index (χ0) is 12.4. The topological polar surface area (TPSA) is 55.5 Å². The summed E-state index contributed by atoms with van der Waals surface area (Å²) in [5.74, 6) is -0.0717. The molecule has 0 unspecified atom stereocenters. The zero-order valence-corrected chi connectivity index (χ0v) is 11.1. The third kappa shape index (κ3) is 2.76. The number of rotatable bonds is 4. The van der Waals surface area contributed by atoms with Crippen molar-refractivity contribution >= 4 is 12.4 Å². The molecule has 0 radical (unpaired) electrons. The van der Waals surface area contributed by atoms with Crippen molar-refractivity contribution in [1.82, 2.24) is 0 Å². The van der Waals surface area contributed by atoms with Crippen molar-refractivity contribution in [3.63, 3.8) is 0 Å². The lowest BCUT2D eigenvalue weighted by Crippen LogP contribution is -2.36. The molecule has 2 atom stereocenters. The molecule has 1 aliphatic carbocycles. The number of benzene rings is 1. The highest BCUT2D eigenvalue weighted by molar-refractivity contribution is 5.85. The Labute approximate surface area is 113 Å². The van der Waals surface area contributed by atoms with Crippen LogP contribution in [0.1, 0.15) is 30.9 Å². The van der Waals surface area contributed by atoms with Crippen molar-refractivity contribution < 1.29 is 14.2 Å². The van der Waals surface area contributed by atoms with Gasteiger partial charge in [0.2, 0.25) is 0 Å². The summed E-state index contributed by atoms with van der Waals surface area (Å²) in [6.45, 7) is 0. The number of methoxy groups -OCH3 is 1. The molecule has 0 heterocycles. The van der Waals surface area contributed by atoms with Gasteiger partial charge in [0.15, 0.2) is 11.6 Å². The normalized spacial score (nSPS) is 18.4. The monoisotopic (exact) mass is 275 g/mol. The third-order valence-corrected chi connectivity index (χ3v) is 3.56. The molecule has 1 aliphatic rings. The van der Waals surface area contributed by atoms with Gasteiger partial charge in [0.1, 0.15) is 0 Å². The van der Waals surface area contributed by atoms with Crippen molar-refractivity contribution in [3.05, 3.63) is 29.6 Å². The fourth-order valence-electron chi connectivity index (χ4n) is 2.26. The summed E-state index contributed by atoms with van der Waals surface area (Å²) in [7, 11) is 1.41. The summed E-state index contributed by atoms with van der Waals surface area (Å²) in [5, 5.41) is 10.1. The lowest BCUT2D eigenvalue weighted by molar-refractivity contribution is 0.0406. The Kier molecular flexibility index (Phi) is 5.38. The van der Waals surface area contributed by atoms with E-state index in [4.69, 9.17) is 10.5 Å². The van der Waals surface area contributed by atoms with Crippen molar-refractivity contribution in [2.45, 2.75) is 31.4 Å². The minimum absolute atomic E-state index is 0. The molecule has 0 aliphatic heterocycles. The van der Waals surface area contributed by atoms with E-state index >= 15 is 0 Å². The van der Waals surface area contributed by atoms with Gasteiger partial charge in [-0.15, -0.1) is 12.4 Å². The number of hydrogen-bond acceptors (Lipinski definition) is 3. The summed E-state index contributed by atoms with van der Waals surface area (Å²) in [6.07, 6.45) is 2.49. The summed E-state index contributed by atoms with van der Waals surface area (Å²) in [5.41, 5.74) is 6.53. The first-order valence-corrected chi connectivity index (χ1v) is 5.91. The maximum Gasteiger partial charge on any atom is 0.165 e. The molecule has 0 spiro atoms. The maximum atomic E-state index is 13.5. The molecular weight excluding hydrogens is 257 g/mol. The van der Waals surface area contributed by atoms with E-state index in [1.807, 2.05) is 0 Å². The van der Waals surface area contributed by atoms with E-state index in [0.717, 1.165) is 19.3 Å². The van der Waals surface area contributed by atoms with E-state index in [0.29, 0.717) is 5.56 Å². The molecule has 2 rings (SSSR count). The molecule has 5 heteroatoms. The molecule has 0 saturated heterocycles. The fraction of sp³-hybridized carbons (Fsp3) is 0.538. The Hall–Kier alpha value is -0.840. The van der Waals surface area contributed by atoms with Crippen molar-refractivity contribution in [2.24, 2.45) is 11.7 Å². The molecule has 102 valence electrons. The molecule has 1 aromatic carbocycles. The molecule has 1 saturated carbocycles. The van der Waals surface area contributed by atoms with Crippen LogP contribution in [0.2, 0.25) is 0 Å². The van der Waals surface area contributed by atoms with Gasteiger partial charge < -0.3 is 15.6 Å². The number of ether oxygens (including phenoxy) is 1. The molecule has 18 heavy (non-hydrogen) atoms. The minimum atomic E-state index is -0.626. The third-order valence-electron chi connectivity index (χ3n) is 3.56. The van der Waals surface area contributed by atoms with Crippen molar-refractivity contribution in [2.75, 3.05) is 7.11 Å². The van der Waals surface area contributed by atoms with Gasteiger partial charge in [0.25, 0.3) is 0 Å². The van der Waals surface area contributed by atoms with Crippen LogP contribution in [0, 0.1) is 11.7 Å². The molecular formula is C13H19ClFNO2. The van der Waals surface area contributed by atoms with Crippen LogP contribution in [0.3, 0.4) is 0 Å². The van der Waals surface area contributed by atoms with Crippen LogP contribution in [0.5, 0.6) is 5.75 Å². The predicted molar refractivity (Wildman–Crippen MR) is 70.5 cm³/mol. The largest absolute Gasteiger partial charge is 0.493 e. The Balaban J connectivity index is 0.00000162. The van der Waals surface area contributed by atoms with E-state index in [1.54, 1.807) is 12.1 Å². The Morgan fingerprint density at radius 1 is 1.44 bits per heavy atom. The van der Waals surface area contributed by atoms with Crippen LogP contribution in [0.25, 0.3) is 0 Å². The van der Waals surface area contributed by atoms with Gasteiger partial charge in [-0.05, 0) is 24.8 Å². The first-order chi connectivity index (χ1) is 8.15. The van der Waals surface area contributed by atoms with Gasteiger partial charge in [0, 0.05) is 5.56 Å². The van der Waals surface area contributed by atoms with E-state index in [9.17, 15) is 9.50 Å². The van der Waals surface area contributed by atoms with Gasteiger partial charge in [-0.3, -0.25) is 0 Å². The van der Waals surface area contributed by atoms with E-state index < -0.39 is 18.0 Å². The standard InChI is InChI=1S/C13H18FNO2.ClH/c1-17-13-9(6-3-7-10(13)14)11(15)12(16)8-4-2-5-8;/h3,6-8,11-12,16H,2,4-5,15H2,1H3;1H/t11-,12+;/m0./s1. The summed E-state index contributed by atoms with van der Waals surface area (Å²) in [4.78, 5) is 0. The second-order valence-corrected chi connectivity index (χ2v) is 4.57. The lowest BCUT2D eigenvalue weighted by Gasteiger charge is -2.34. The number of para-hydroxylation sites is 1. The highest BCUT2D eigenvalue weighted by Crippen LogP contribution is 2.37. The highest BCUT2D eigenvalue weighted by atomic mass is 35.5. The number of hydrogen-bond donors (Lipinski definition) is 2. The van der Waals surface area contributed by atoms with Crippen molar-refractivity contribution in [3.8, 4) is 5.75 Å². The second-order valence-electron chi connectivity index (χ2n) is 4.57. The van der Waals surface area contributed by atoms with Crippen LogP contribution in [0.4, 0.5) is 4.39 Å². The number of aliphatic hydroxyl groups is 1. The average molecular weight is 276 g/mol. The van der Waals surface area contributed by atoms with Gasteiger partial charge in [-0.2, -0.15) is 0 Å². The minimum Gasteiger partial charge on any atom is -0.493 e. The first kappa shape index (κ1) is 15.2. The molecule has 1 aromatic rings. The summed E-state index contributed by atoms with van der Waals surface area (Å²) in [6, 6.07) is 4.02. The molecule has 3 nitrogen and oxygen atoms in total. The van der Waals surface area contributed by atoms with Gasteiger partial charge >= 0.3 is 0 Å². The van der Waals surface area contributed by atoms with E-state index in [1.165, 1.54) is 13.2 Å². The molecule has 3 N–H and O–H groups in total. The van der Waals surface area contributed by atoms with Gasteiger partial charge in [-0.25, -0.2) is 4.39 Å². The number of aliphatic hydroxyl groups excluding tert-OH is 1. The Morgan fingerprint density at radius 3 is 2.61 bits per heavy atom. The molecule has 0 bridgehead atoms. The predicted octanol–water partition coefficient (Wildman–Crippen LogP) is 2.42. The van der Waals surface area contributed by atoms with Crippen LogP contribution in [-0.4, -0.2) is 18.3 Å². The molecule has 1 fully saturated rings. The Bertz CT molecular complexity index is 399. The van der Waals surface area contributed by atoms with Gasteiger partial charge in [-0.1, -0.05) is 18.6 Å². The fourth-order valence-corrected chi connectivity index (χ4v) is 2.26. The number of halogens is 2. The second kappa shape index (κ2) is 6.36. The first-order valence-electron chi connectivity index (χ1n) is 5.91. The summed E-state index contributed by atoms with van der Waals surface area (Å²) < 4.78 is 18.5. The van der Waals surface area contributed by atoms with Crippen LogP contribution in [-0.2, 0) is 0 Å². The quantitative estimate of drug-likeness (QED) is 0.887. The van der Waals surface area contributed by atoms with Crippen LogP contribution < -0.4 is 10.5 Å². The SMILES string of the molecule is COc1c(F)cccc1[C@H](N)[C@H](O)C1CCC1.Cl. The maximum absolute atomic E-state index is 13.5. The Morgan fingerprint density at radius 2 is 2.11 bits per heavy atom. The van der Waals surface area contributed by atoms with Crippen LogP contribution >= 0.6 is 12.4 Å². The average Bonchev–Trinajstić information content (AvgIpc) is 2.25. The lowest BCUT2D eigenvalue weighted by atomic mass is 9.77. The molecule has 0 aromatic heterocycles. The van der Waals surface area contributed by atoms with E-state index in [-0.39, 0.29) is 24.1 Å². The highest BCUT2D eigenvalue weighted by Gasteiger charge is 2.32. The molecule has 0 amide bonds. The van der Waals surface area contributed by atoms with Crippen molar-refractivity contribution in [1.29, 1.82) is 0 Å². The van der Waals surface area contributed by atoms with Gasteiger partial charge in [0.05, 0.1) is 19.3 Å². The summed E-state index contributed by atoms with van der Waals surface area (Å²) >= 11 is 0. The smallest absolute Gasteiger partial charge is 0.165 e. The van der Waals surface area contributed by atoms with E-state index in [2.05, 4.69) is 0 Å².